The highest BCUT2D eigenvalue weighted by Crippen LogP contribution is 2.27. The Morgan fingerprint density at radius 1 is 1.33 bits per heavy atom. The van der Waals surface area contributed by atoms with Gasteiger partial charge in [0.15, 0.2) is 0 Å². The SMILES string of the molecule is Cc1ncsc1CN1C(=O)CNC(=O)C1c1ccccc1. The van der Waals surface area contributed by atoms with Crippen LogP contribution in [0.15, 0.2) is 35.8 Å². The van der Waals surface area contributed by atoms with Crippen LogP contribution in [-0.2, 0) is 16.1 Å². The molecule has 2 amide bonds. The van der Waals surface area contributed by atoms with Gasteiger partial charge in [0.1, 0.15) is 6.04 Å². The van der Waals surface area contributed by atoms with E-state index in [-0.39, 0.29) is 18.4 Å². The number of rotatable bonds is 3. The van der Waals surface area contributed by atoms with Crippen LogP contribution in [0.3, 0.4) is 0 Å². The first kappa shape index (κ1) is 13.8. The van der Waals surface area contributed by atoms with E-state index in [1.807, 2.05) is 37.3 Å². The third kappa shape index (κ3) is 2.67. The molecule has 0 spiro atoms. The number of piperazine rings is 1. The first-order valence-electron chi connectivity index (χ1n) is 6.68. The van der Waals surface area contributed by atoms with Gasteiger partial charge in [0.25, 0.3) is 0 Å². The highest BCUT2D eigenvalue weighted by molar-refractivity contribution is 7.09. The molecular weight excluding hydrogens is 286 g/mol. The number of amides is 2. The maximum absolute atomic E-state index is 12.3. The standard InChI is InChI=1S/C15H15N3O2S/c1-10-12(21-9-17-10)8-18-13(19)7-16-15(20)14(18)11-5-3-2-4-6-11/h2-6,9,14H,7-8H2,1H3,(H,16,20). The van der Waals surface area contributed by atoms with E-state index in [2.05, 4.69) is 10.3 Å². The number of thiazole rings is 1. The molecule has 1 N–H and O–H groups in total. The minimum absolute atomic E-state index is 0.0556. The van der Waals surface area contributed by atoms with Crippen molar-refractivity contribution in [3.05, 3.63) is 52.0 Å². The van der Waals surface area contributed by atoms with Gasteiger partial charge in [-0.3, -0.25) is 9.59 Å². The van der Waals surface area contributed by atoms with Crippen molar-refractivity contribution < 1.29 is 9.59 Å². The molecule has 1 fully saturated rings. The maximum Gasteiger partial charge on any atom is 0.247 e. The molecule has 21 heavy (non-hydrogen) atoms. The number of aromatic nitrogens is 1. The average molecular weight is 301 g/mol. The first-order valence-corrected chi connectivity index (χ1v) is 7.56. The van der Waals surface area contributed by atoms with E-state index >= 15 is 0 Å². The molecule has 1 aromatic carbocycles. The predicted octanol–water partition coefficient (Wildman–Crippen LogP) is 1.65. The lowest BCUT2D eigenvalue weighted by Crippen LogP contribution is -2.53. The minimum Gasteiger partial charge on any atom is -0.345 e. The van der Waals surface area contributed by atoms with Crippen LogP contribution >= 0.6 is 11.3 Å². The molecule has 3 rings (SSSR count). The summed E-state index contributed by atoms with van der Waals surface area (Å²) in [5.74, 6) is -0.209. The molecule has 2 aromatic rings. The molecule has 0 aliphatic carbocycles. The van der Waals surface area contributed by atoms with Crippen LogP contribution in [0.2, 0.25) is 0 Å². The smallest absolute Gasteiger partial charge is 0.247 e. The minimum atomic E-state index is -0.575. The maximum atomic E-state index is 12.3. The fourth-order valence-corrected chi connectivity index (χ4v) is 3.20. The Morgan fingerprint density at radius 3 is 2.76 bits per heavy atom. The largest absolute Gasteiger partial charge is 0.345 e. The lowest BCUT2D eigenvalue weighted by Gasteiger charge is -2.35. The zero-order valence-electron chi connectivity index (χ0n) is 11.6. The summed E-state index contributed by atoms with van der Waals surface area (Å²) >= 11 is 1.51. The van der Waals surface area contributed by atoms with Crippen molar-refractivity contribution in [2.24, 2.45) is 0 Å². The first-order chi connectivity index (χ1) is 10.2. The number of nitrogens with one attached hydrogen (secondary N) is 1. The average Bonchev–Trinajstić information content (AvgIpc) is 2.89. The van der Waals surface area contributed by atoms with Crippen molar-refractivity contribution in [1.29, 1.82) is 0 Å². The summed E-state index contributed by atoms with van der Waals surface area (Å²) in [5.41, 5.74) is 3.49. The summed E-state index contributed by atoms with van der Waals surface area (Å²) < 4.78 is 0. The Bertz CT molecular complexity index is 669. The number of carbonyl (C=O) groups is 2. The second-order valence-corrected chi connectivity index (χ2v) is 5.85. The van der Waals surface area contributed by atoms with E-state index in [1.165, 1.54) is 11.3 Å². The van der Waals surface area contributed by atoms with E-state index < -0.39 is 6.04 Å². The highest BCUT2D eigenvalue weighted by Gasteiger charge is 2.35. The molecule has 5 nitrogen and oxygen atoms in total. The van der Waals surface area contributed by atoms with E-state index in [1.54, 1.807) is 10.4 Å². The van der Waals surface area contributed by atoms with E-state index in [0.29, 0.717) is 6.54 Å². The lowest BCUT2D eigenvalue weighted by atomic mass is 10.0. The van der Waals surface area contributed by atoms with Crippen molar-refractivity contribution in [3.8, 4) is 0 Å². The molecule has 1 unspecified atom stereocenters. The highest BCUT2D eigenvalue weighted by atomic mass is 32.1. The zero-order valence-corrected chi connectivity index (χ0v) is 12.4. The molecule has 2 heterocycles. The van der Waals surface area contributed by atoms with Crippen LogP contribution in [0.1, 0.15) is 22.2 Å². The molecule has 1 aliphatic rings. The summed E-state index contributed by atoms with van der Waals surface area (Å²) in [6.07, 6.45) is 0. The van der Waals surface area contributed by atoms with E-state index in [9.17, 15) is 9.59 Å². The predicted molar refractivity (Wildman–Crippen MR) is 79.6 cm³/mol. The molecule has 108 valence electrons. The van der Waals surface area contributed by atoms with Crippen LogP contribution in [0.5, 0.6) is 0 Å². The Hall–Kier alpha value is -2.21. The third-order valence-electron chi connectivity index (χ3n) is 3.57. The fourth-order valence-electron chi connectivity index (χ4n) is 2.43. The normalized spacial score (nSPS) is 18.7. The van der Waals surface area contributed by atoms with Crippen molar-refractivity contribution >= 4 is 23.2 Å². The summed E-state index contributed by atoms with van der Waals surface area (Å²) in [6.45, 7) is 2.39. The van der Waals surface area contributed by atoms with E-state index in [4.69, 9.17) is 0 Å². The summed E-state index contributed by atoms with van der Waals surface area (Å²) in [7, 11) is 0. The van der Waals surface area contributed by atoms with Crippen molar-refractivity contribution in [2.45, 2.75) is 19.5 Å². The summed E-state index contributed by atoms with van der Waals surface area (Å²) in [5, 5.41) is 2.66. The van der Waals surface area contributed by atoms with Crippen LogP contribution in [-0.4, -0.2) is 28.2 Å². The van der Waals surface area contributed by atoms with Gasteiger partial charge < -0.3 is 10.2 Å². The summed E-state index contributed by atoms with van der Waals surface area (Å²) in [6, 6.07) is 8.80. The number of benzene rings is 1. The Morgan fingerprint density at radius 2 is 2.10 bits per heavy atom. The fraction of sp³-hybridized carbons (Fsp3) is 0.267. The Balaban J connectivity index is 1.95. The summed E-state index contributed by atoms with van der Waals surface area (Å²) in [4.78, 5) is 31.4. The molecule has 1 aliphatic heterocycles. The number of carbonyl (C=O) groups excluding carboxylic acids is 2. The van der Waals surface area contributed by atoms with Crippen LogP contribution < -0.4 is 5.32 Å². The molecular formula is C15H15N3O2S. The Kier molecular flexibility index (Phi) is 3.70. The molecule has 1 atom stereocenters. The quantitative estimate of drug-likeness (QED) is 0.937. The van der Waals surface area contributed by atoms with Gasteiger partial charge in [-0.2, -0.15) is 0 Å². The monoisotopic (exact) mass is 301 g/mol. The molecule has 0 radical (unpaired) electrons. The van der Waals surface area contributed by atoms with Crippen LogP contribution in [0.4, 0.5) is 0 Å². The zero-order chi connectivity index (χ0) is 14.8. The van der Waals surface area contributed by atoms with Gasteiger partial charge in [-0.1, -0.05) is 30.3 Å². The Labute approximate surface area is 126 Å². The van der Waals surface area contributed by atoms with Crippen molar-refractivity contribution in [1.82, 2.24) is 15.2 Å². The van der Waals surface area contributed by atoms with Gasteiger partial charge in [-0.05, 0) is 12.5 Å². The van der Waals surface area contributed by atoms with Gasteiger partial charge in [0, 0.05) is 4.88 Å². The molecule has 1 aromatic heterocycles. The number of aryl methyl sites for hydroxylation is 1. The van der Waals surface area contributed by atoms with Crippen LogP contribution in [0, 0.1) is 6.92 Å². The lowest BCUT2D eigenvalue weighted by molar-refractivity contribution is -0.146. The number of hydrogen-bond acceptors (Lipinski definition) is 4. The second kappa shape index (κ2) is 5.65. The van der Waals surface area contributed by atoms with Gasteiger partial charge in [0.05, 0.1) is 24.3 Å². The number of nitrogens with zero attached hydrogens (tertiary/aromatic N) is 2. The van der Waals surface area contributed by atoms with Crippen molar-refractivity contribution in [2.75, 3.05) is 6.54 Å². The third-order valence-corrected chi connectivity index (χ3v) is 4.49. The second-order valence-electron chi connectivity index (χ2n) is 4.91. The molecule has 0 bridgehead atoms. The number of hydrogen-bond donors (Lipinski definition) is 1. The topological polar surface area (TPSA) is 62.3 Å². The van der Waals surface area contributed by atoms with E-state index in [0.717, 1.165) is 16.1 Å². The van der Waals surface area contributed by atoms with Gasteiger partial charge in [0.2, 0.25) is 11.8 Å². The van der Waals surface area contributed by atoms with Crippen LogP contribution in [0.25, 0.3) is 0 Å². The molecule has 0 saturated carbocycles. The van der Waals surface area contributed by atoms with Gasteiger partial charge >= 0.3 is 0 Å². The van der Waals surface area contributed by atoms with Gasteiger partial charge in [-0.25, -0.2) is 4.98 Å². The van der Waals surface area contributed by atoms with Crippen molar-refractivity contribution in [3.63, 3.8) is 0 Å². The molecule has 1 saturated heterocycles. The molecule has 6 heteroatoms. The van der Waals surface area contributed by atoms with Gasteiger partial charge in [-0.15, -0.1) is 11.3 Å².